The molecule has 1 aliphatic rings. The molecule has 0 radical (unpaired) electrons. The summed E-state index contributed by atoms with van der Waals surface area (Å²) in [4.78, 5) is 36.1. The number of ketones is 2. The van der Waals surface area contributed by atoms with Crippen LogP contribution >= 0.6 is 0 Å². The van der Waals surface area contributed by atoms with E-state index < -0.39 is 10.7 Å². The van der Waals surface area contributed by atoms with Crippen molar-refractivity contribution in [2.24, 2.45) is 0 Å². The first-order valence-electron chi connectivity index (χ1n) is 7.18. The Kier molecular flexibility index (Phi) is 3.44. The summed E-state index contributed by atoms with van der Waals surface area (Å²) in [5, 5.41) is 14.3. The van der Waals surface area contributed by atoms with Gasteiger partial charge < -0.3 is 5.32 Å². The van der Waals surface area contributed by atoms with Crippen LogP contribution in [0.3, 0.4) is 0 Å². The average molecular weight is 310 g/mol. The number of nitrogens with one attached hydrogen (secondary N) is 1. The fourth-order valence-corrected chi connectivity index (χ4v) is 2.81. The molecule has 0 bridgehead atoms. The zero-order valence-electron chi connectivity index (χ0n) is 12.6. The zero-order chi connectivity index (χ0) is 16.7. The molecule has 0 heterocycles. The van der Waals surface area contributed by atoms with E-state index in [1.54, 1.807) is 18.2 Å². The van der Waals surface area contributed by atoms with E-state index in [-0.39, 0.29) is 39.8 Å². The standard InChI is InChI=1S/C17H14N2O4/c1-9(2)18-12-7-3-5-10-14(12)17(21)15-11(16(10)20)6-4-8-13(15)19(22)23/h3-9,18H,1-2H3. The molecular formula is C17H14N2O4. The van der Waals surface area contributed by atoms with Gasteiger partial charge in [0.05, 0.1) is 10.5 Å². The Hall–Kier alpha value is -3.02. The summed E-state index contributed by atoms with van der Waals surface area (Å²) >= 11 is 0. The minimum atomic E-state index is -0.631. The van der Waals surface area contributed by atoms with Crippen LogP contribution in [0, 0.1) is 10.1 Å². The van der Waals surface area contributed by atoms with Gasteiger partial charge in [-0.3, -0.25) is 19.7 Å². The third kappa shape index (κ3) is 2.28. The summed E-state index contributed by atoms with van der Waals surface area (Å²) in [5.74, 6) is -0.864. The van der Waals surface area contributed by atoms with Crippen LogP contribution in [-0.2, 0) is 0 Å². The van der Waals surface area contributed by atoms with E-state index >= 15 is 0 Å². The van der Waals surface area contributed by atoms with Crippen molar-refractivity contribution in [3.05, 3.63) is 68.8 Å². The Morgan fingerprint density at radius 2 is 1.57 bits per heavy atom. The molecule has 0 aliphatic heterocycles. The molecule has 0 amide bonds. The maximum atomic E-state index is 12.9. The summed E-state index contributed by atoms with van der Waals surface area (Å²) in [7, 11) is 0. The van der Waals surface area contributed by atoms with Crippen LogP contribution in [0.25, 0.3) is 0 Å². The van der Waals surface area contributed by atoms with Crippen LogP contribution in [0.4, 0.5) is 11.4 Å². The quantitative estimate of drug-likeness (QED) is 0.592. The number of rotatable bonds is 3. The van der Waals surface area contributed by atoms with Gasteiger partial charge in [0.2, 0.25) is 5.78 Å². The number of nitro groups is 1. The summed E-state index contributed by atoms with van der Waals surface area (Å²) < 4.78 is 0. The third-order valence-electron chi connectivity index (χ3n) is 3.69. The van der Waals surface area contributed by atoms with Gasteiger partial charge in [0.25, 0.3) is 5.69 Å². The molecule has 0 spiro atoms. The molecule has 6 nitrogen and oxygen atoms in total. The van der Waals surface area contributed by atoms with Crippen molar-refractivity contribution in [2.75, 3.05) is 5.32 Å². The Bertz CT molecular complexity index is 856. The number of nitrogens with zero attached hydrogens (tertiary/aromatic N) is 1. The monoisotopic (exact) mass is 310 g/mol. The summed E-state index contributed by atoms with van der Waals surface area (Å²) in [6.07, 6.45) is 0. The van der Waals surface area contributed by atoms with Crippen LogP contribution in [0.15, 0.2) is 36.4 Å². The van der Waals surface area contributed by atoms with Gasteiger partial charge in [0.1, 0.15) is 5.56 Å². The Morgan fingerprint density at radius 1 is 0.957 bits per heavy atom. The van der Waals surface area contributed by atoms with E-state index in [0.29, 0.717) is 5.69 Å². The third-order valence-corrected chi connectivity index (χ3v) is 3.69. The first-order chi connectivity index (χ1) is 10.9. The number of carbonyl (C=O) groups is 2. The molecule has 6 heteroatoms. The van der Waals surface area contributed by atoms with Crippen LogP contribution < -0.4 is 5.32 Å². The zero-order valence-corrected chi connectivity index (χ0v) is 12.6. The average Bonchev–Trinajstić information content (AvgIpc) is 2.51. The van der Waals surface area contributed by atoms with Crippen molar-refractivity contribution in [2.45, 2.75) is 19.9 Å². The first-order valence-corrected chi connectivity index (χ1v) is 7.18. The molecule has 0 saturated carbocycles. The summed E-state index contributed by atoms with van der Waals surface area (Å²) in [5.41, 5.74) is 0.596. The van der Waals surface area contributed by atoms with Crippen LogP contribution in [0.1, 0.15) is 45.7 Å². The summed E-state index contributed by atoms with van der Waals surface area (Å²) in [6.45, 7) is 3.82. The van der Waals surface area contributed by atoms with Crippen LogP contribution in [-0.4, -0.2) is 22.5 Å². The van der Waals surface area contributed by atoms with Crippen LogP contribution in [0.5, 0.6) is 0 Å². The Balaban J connectivity index is 2.29. The number of anilines is 1. The lowest BCUT2D eigenvalue weighted by molar-refractivity contribution is -0.385. The van der Waals surface area contributed by atoms with Gasteiger partial charge in [0.15, 0.2) is 5.78 Å². The van der Waals surface area contributed by atoms with E-state index in [0.717, 1.165) is 0 Å². The lowest BCUT2D eigenvalue weighted by Gasteiger charge is -2.21. The van der Waals surface area contributed by atoms with Gasteiger partial charge in [-0.1, -0.05) is 18.2 Å². The van der Waals surface area contributed by atoms with Gasteiger partial charge in [-0.05, 0) is 26.0 Å². The highest BCUT2D eigenvalue weighted by molar-refractivity contribution is 6.31. The molecule has 2 aromatic carbocycles. The van der Waals surface area contributed by atoms with Crippen molar-refractivity contribution in [3.63, 3.8) is 0 Å². The smallest absolute Gasteiger partial charge is 0.281 e. The van der Waals surface area contributed by atoms with Crippen molar-refractivity contribution in [1.82, 2.24) is 0 Å². The van der Waals surface area contributed by atoms with E-state index in [1.807, 2.05) is 13.8 Å². The molecule has 0 saturated heterocycles. The Labute approximate surface area is 132 Å². The number of carbonyl (C=O) groups excluding carboxylic acids is 2. The van der Waals surface area contributed by atoms with Gasteiger partial charge in [-0.25, -0.2) is 0 Å². The number of fused-ring (bicyclic) bond motifs is 2. The van der Waals surface area contributed by atoms with Crippen molar-refractivity contribution < 1.29 is 14.5 Å². The molecule has 3 rings (SSSR count). The maximum absolute atomic E-state index is 12.9. The first kappa shape index (κ1) is 14.9. The Morgan fingerprint density at radius 3 is 2.17 bits per heavy atom. The molecular weight excluding hydrogens is 296 g/mol. The lowest BCUT2D eigenvalue weighted by atomic mass is 9.82. The maximum Gasteiger partial charge on any atom is 0.281 e. The highest BCUT2D eigenvalue weighted by atomic mass is 16.6. The second-order valence-electron chi connectivity index (χ2n) is 5.64. The molecule has 0 atom stereocenters. The molecule has 0 aromatic heterocycles. The van der Waals surface area contributed by atoms with Crippen molar-refractivity contribution in [3.8, 4) is 0 Å². The fourth-order valence-electron chi connectivity index (χ4n) is 2.81. The van der Waals surface area contributed by atoms with E-state index in [9.17, 15) is 19.7 Å². The highest BCUT2D eigenvalue weighted by Gasteiger charge is 2.36. The van der Waals surface area contributed by atoms with Gasteiger partial charge >= 0.3 is 0 Å². The van der Waals surface area contributed by atoms with Crippen LogP contribution in [0.2, 0.25) is 0 Å². The normalized spacial score (nSPS) is 12.8. The molecule has 116 valence electrons. The molecule has 1 aliphatic carbocycles. The van der Waals surface area contributed by atoms with E-state index in [2.05, 4.69) is 5.32 Å². The summed E-state index contributed by atoms with van der Waals surface area (Å²) in [6, 6.07) is 9.13. The second kappa shape index (κ2) is 5.31. The van der Waals surface area contributed by atoms with Crippen molar-refractivity contribution >= 4 is 22.9 Å². The second-order valence-corrected chi connectivity index (χ2v) is 5.64. The fraction of sp³-hybridized carbons (Fsp3) is 0.176. The molecule has 23 heavy (non-hydrogen) atoms. The minimum absolute atomic E-state index is 0.0524. The molecule has 2 aromatic rings. The number of hydrogen-bond acceptors (Lipinski definition) is 5. The predicted molar refractivity (Wildman–Crippen MR) is 85.2 cm³/mol. The molecule has 0 fully saturated rings. The van der Waals surface area contributed by atoms with Gasteiger partial charge in [-0.15, -0.1) is 0 Å². The number of benzene rings is 2. The van der Waals surface area contributed by atoms with Crippen molar-refractivity contribution in [1.29, 1.82) is 0 Å². The lowest BCUT2D eigenvalue weighted by Crippen LogP contribution is -2.24. The predicted octanol–water partition coefficient (Wildman–Crippen LogP) is 3.19. The molecule has 1 N–H and O–H groups in total. The highest BCUT2D eigenvalue weighted by Crippen LogP contribution is 2.36. The minimum Gasteiger partial charge on any atom is -0.382 e. The van der Waals surface area contributed by atoms with E-state index in [4.69, 9.17) is 0 Å². The molecule has 0 unspecified atom stereocenters. The SMILES string of the molecule is CC(C)Nc1cccc2c1C(=O)c1c(cccc1[N+](=O)[O-])C2=O. The number of nitro benzene ring substituents is 1. The van der Waals surface area contributed by atoms with Gasteiger partial charge in [-0.2, -0.15) is 0 Å². The van der Waals surface area contributed by atoms with Gasteiger partial charge in [0, 0.05) is 28.9 Å². The topological polar surface area (TPSA) is 89.3 Å². The van der Waals surface area contributed by atoms with E-state index in [1.165, 1.54) is 18.2 Å². The largest absolute Gasteiger partial charge is 0.382 e. The number of hydrogen-bond donors (Lipinski definition) is 1.